The van der Waals surface area contributed by atoms with Crippen molar-refractivity contribution in [2.24, 2.45) is 17.8 Å². The van der Waals surface area contributed by atoms with Crippen LogP contribution in [0.1, 0.15) is 79.6 Å². The number of aryl methyl sites for hydroxylation is 2. The van der Waals surface area contributed by atoms with Crippen molar-refractivity contribution in [2.75, 3.05) is 31.7 Å². The first-order chi connectivity index (χ1) is 25.0. The summed E-state index contributed by atoms with van der Waals surface area (Å²) in [6.07, 6.45) is 14.6. The summed E-state index contributed by atoms with van der Waals surface area (Å²) in [5, 5.41) is 0.376. The summed E-state index contributed by atoms with van der Waals surface area (Å²) in [7, 11) is -1.22. The van der Waals surface area contributed by atoms with Gasteiger partial charge in [0, 0.05) is 72.1 Å². The molecule has 4 aliphatic rings. The Labute approximate surface area is 313 Å². The summed E-state index contributed by atoms with van der Waals surface area (Å²) >= 11 is 6.49. The summed E-state index contributed by atoms with van der Waals surface area (Å²) < 4.78 is 30.0. The van der Waals surface area contributed by atoms with Crippen LogP contribution in [-0.4, -0.2) is 63.6 Å². The first-order valence-electron chi connectivity index (χ1n) is 18.5. The van der Waals surface area contributed by atoms with Crippen LogP contribution in [0.2, 0.25) is 5.02 Å². The average Bonchev–Trinajstić information content (AvgIpc) is 3.27. The lowest BCUT2D eigenvalue weighted by Crippen LogP contribution is -2.52. The van der Waals surface area contributed by atoms with E-state index in [1.807, 2.05) is 38.1 Å². The predicted octanol–water partition coefficient (Wildman–Crippen LogP) is 7.00. The van der Waals surface area contributed by atoms with Crippen molar-refractivity contribution in [1.29, 1.82) is 0 Å². The Morgan fingerprint density at radius 3 is 2.83 bits per heavy atom. The number of aromatic nitrogens is 2. The monoisotopic (exact) mass is 740 g/mol. The number of anilines is 1. The number of ether oxygens (including phenoxy) is 2. The number of nitrogens with zero attached hydrogens (tertiary/aromatic N) is 3. The smallest absolute Gasteiger partial charge is 0.262 e. The molecule has 1 amide bonds. The molecule has 2 aliphatic carbocycles. The van der Waals surface area contributed by atoms with Crippen LogP contribution < -0.4 is 14.4 Å². The number of hydrogen-bond acceptors (Lipinski definition) is 7. The molecular weight excluding hydrogens is 692 g/mol. The third-order valence-electron chi connectivity index (χ3n) is 12.0. The van der Waals surface area contributed by atoms with Gasteiger partial charge >= 0.3 is 0 Å². The van der Waals surface area contributed by atoms with Gasteiger partial charge in [-0.05, 0) is 117 Å². The molecular formula is C42H49ClN4O4S. The SMILES string of the molecule is C=S1(=O)NC(=O)c2ccc3c(c2)N(C[C@@H]2CC[C@H]2[C@@](C#CCCc2ccncn2)(OC)/C=C/C[C@H](C)[C@H]1C)C[C@@]1(CCCc2cc(Cl)ccc21)CO3. The fourth-order valence-corrected chi connectivity index (χ4v) is 10.3. The Morgan fingerprint density at radius 1 is 1.19 bits per heavy atom. The second-order valence-corrected chi connectivity index (χ2v) is 18.0. The highest BCUT2D eigenvalue weighted by Gasteiger charge is 2.48. The molecule has 1 saturated carbocycles. The van der Waals surface area contributed by atoms with E-state index in [4.69, 9.17) is 21.1 Å². The van der Waals surface area contributed by atoms with Crippen molar-refractivity contribution in [3.05, 3.63) is 94.5 Å². The number of halogens is 1. The highest BCUT2D eigenvalue weighted by molar-refractivity contribution is 7.99. The Kier molecular flexibility index (Phi) is 10.5. The van der Waals surface area contributed by atoms with E-state index in [1.165, 1.54) is 11.1 Å². The number of benzene rings is 2. The molecule has 1 N–H and O–H groups in total. The van der Waals surface area contributed by atoms with E-state index in [9.17, 15) is 9.00 Å². The molecule has 10 heteroatoms. The molecule has 8 nitrogen and oxygen atoms in total. The first kappa shape index (κ1) is 36.5. The average molecular weight is 741 g/mol. The molecule has 2 aliphatic heterocycles. The maximum atomic E-state index is 14.0. The standard InChI is InChI=1S/C42H49ClN4O4S/c1-29-9-7-21-42(50-3,20-6-5-11-35-18-22-44-28-45-35)37-15-12-33(37)25-47-26-41(19-8-10-31-23-34(43)14-16-36(31)41)27-51-39-17-13-32(24-38(39)47)40(48)46-52(4,49)30(29)2/h7,13-14,16-18,21-24,28-30,33,37H,4-5,8-12,15,19,25-27H2,1-3H3,(H,46,48,49)/b21-7+/t29-,30+,33-,37+,41-,42-,52?/m0/s1. The van der Waals surface area contributed by atoms with E-state index in [0.29, 0.717) is 25.0 Å². The van der Waals surface area contributed by atoms with Gasteiger partial charge in [0.15, 0.2) is 0 Å². The van der Waals surface area contributed by atoms with Gasteiger partial charge in [0.05, 0.1) is 22.0 Å². The molecule has 3 aromatic rings. The first-order valence-corrected chi connectivity index (χ1v) is 20.7. The van der Waals surface area contributed by atoms with Crippen LogP contribution >= 0.6 is 11.6 Å². The minimum absolute atomic E-state index is 0.0210. The zero-order valence-electron chi connectivity index (χ0n) is 30.4. The lowest BCUT2D eigenvalue weighted by molar-refractivity contribution is -0.0351. The van der Waals surface area contributed by atoms with Gasteiger partial charge in [-0.3, -0.25) is 9.52 Å². The Morgan fingerprint density at radius 2 is 2.06 bits per heavy atom. The number of amides is 1. The van der Waals surface area contributed by atoms with E-state index in [2.05, 4.69) is 61.6 Å². The number of methoxy groups -OCH3 is 1. The fourth-order valence-electron chi connectivity index (χ4n) is 8.61. The normalized spacial score (nSPS) is 32.1. The quantitative estimate of drug-likeness (QED) is 0.176. The van der Waals surface area contributed by atoms with Crippen LogP contribution in [0.15, 0.2) is 67.1 Å². The van der Waals surface area contributed by atoms with Crippen LogP contribution in [0.25, 0.3) is 0 Å². The second-order valence-electron chi connectivity index (χ2n) is 15.2. The molecule has 1 aromatic heterocycles. The highest BCUT2D eigenvalue weighted by atomic mass is 35.5. The molecule has 52 heavy (non-hydrogen) atoms. The van der Waals surface area contributed by atoms with Crippen LogP contribution in [0.4, 0.5) is 5.69 Å². The van der Waals surface area contributed by atoms with Crippen molar-refractivity contribution in [1.82, 2.24) is 14.7 Å². The third-order valence-corrected chi connectivity index (χ3v) is 14.5. The van der Waals surface area contributed by atoms with E-state index >= 15 is 0 Å². The molecule has 0 radical (unpaired) electrons. The van der Waals surface area contributed by atoms with Gasteiger partial charge in [0.25, 0.3) is 5.91 Å². The number of allylic oxidation sites excluding steroid dienone is 1. The van der Waals surface area contributed by atoms with Gasteiger partial charge in [-0.25, -0.2) is 14.2 Å². The minimum Gasteiger partial charge on any atom is -0.490 e. The maximum absolute atomic E-state index is 14.0. The van der Waals surface area contributed by atoms with E-state index in [1.54, 1.807) is 25.7 Å². The van der Waals surface area contributed by atoms with Gasteiger partial charge in [0.1, 0.15) is 17.7 Å². The molecule has 7 atom stereocenters. The molecule has 7 rings (SSSR count). The van der Waals surface area contributed by atoms with E-state index in [-0.39, 0.29) is 28.4 Å². The molecule has 3 heterocycles. The summed E-state index contributed by atoms with van der Waals surface area (Å²) in [5.74, 6) is 11.8. The number of fused-ring (bicyclic) bond motifs is 4. The molecule has 0 saturated heterocycles. The topological polar surface area (TPSA) is 93.7 Å². The van der Waals surface area contributed by atoms with Crippen molar-refractivity contribution in [3.8, 4) is 17.6 Å². The Hall–Kier alpha value is -3.84. The molecule has 1 spiro atoms. The summed E-state index contributed by atoms with van der Waals surface area (Å²) in [6, 6.07) is 13.8. The van der Waals surface area contributed by atoms with Crippen molar-refractivity contribution in [2.45, 2.75) is 81.5 Å². The van der Waals surface area contributed by atoms with Gasteiger partial charge in [-0.15, -0.1) is 0 Å². The van der Waals surface area contributed by atoms with Crippen molar-refractivity contribution in [3.63, 3.8) is 0 Å². The van der Waals surface area contributed by atoms with Gasteiger partial charge in [-0.2, -0.15) is 0 Å². The van der Waals surface area contributed by atoms with Gasteiger partial charge in [-0.1, -0.05) is 42.5 Å². The van der Waals surface area contributed by atoms with Crippen LogP contribution in [0, 0.1) is 29.6 Å². The maximum Gasteiger partial charge on any atom is 0.262 e. The number of carbonyl (C=O) groups excluding carboxylic acids is 1. The van der Waals surface area contributed by atoms with Crippen molar-refractivity contribution < 1.29 is 18.5 Å². The molecule has 2 bridgehead atoms. The lowest BCUT2D eigenvalue weighted by atomic mass is 9.64. The number of carbonyl (C=O) groups is 1. The number of nitrogens with one attached hydrogen (secondary N) is 1. The zero-order chi connectivity index (χ0) is 36.5. The minimum atomic E-state index is -2.98. The van der Waals surface area contributed by atoms with Crippen LogP contribution in [0.3, 0.4) is 0 Å². The zero-order valence-corrected chi connectivity index (χ0v) is 32.0. The largest absolute Gasteiger partial charge is 0.490 e. The predicted molar refractivity (Wildman–Crippen MR) is 209 cm³/mol. The molecule has 1 unspecified atom stereocenters. The summed E-state index contributed by atoms with van der Waals surface area (Å²) in [5.41, 5.74) is 3.77. The molecule has 2 aromatic carbocycles. The number of hydrogen-bond donors (Lipinski definition) is 1. The third kappa shape index (κ3) is 7.22. The second kappa shape index (κ2) is 14.9. The van der Waals surface area contributed by atoms with Crippen LogP contribution in [0.5, 0.6) is 5.75 Å². The fraction of sp³-hybridized carbons (Fsp3) is 0.476. The van der Waals surface area contributed by atoms with Crippen LogP contribution in [-0.2, 0) is 32.7 Å². The highest BCUT2D eigenvalue weighted by Crippen LogP contribution is 2.49. The Bertz CT molecular complexity index is 2010. The van der Waals surface area contributed by atoms with E-state index < -0.39 is 21.2 Å². The van der Waals surface area contributed by atoms with E-state index in [0.717, 1.165) is 73.8 Å². The molecule has 274 valence electrons. The summed E-state index contributed by atoms with van der Waals surface area (Å²) in [6.45, 7) is 5.95. The van der Waals surface area contributed by atoms with Gasteiger partial charge < -0.3 is 14.4 Å². The van der Waals surface area contributed by atoms with Gasteiger partial charge in [0.2, 0.25) is 0 Å². The number of rotatable bonds is 3. The summed E-state index contributed by atoms with van der Waals surface area (Å²) in [4.78, 5) is 24.6. The van der Waals surface area contributed by atoms with Crippen molar-refractivity contribution >= 4 is 38.8 Å². The lowest BCUT2D eigenvalue weighted by Gasteiger charge is -2.48. The molecule has 1 fully saturated rings. The Balaban J connectivity index is 1.30.